The maximum absolute atomic E-state index is 13.1. The molecule has 1 heterocycles. The fourth-order valence-corrected chi connectivity index (χ4v) is 2.49. The van der Waals surface area contributed by atoms with Crippen LogP contribution in [0.15, 0.2) is 18.2 Å². The molecule has 3 nitrogen and oxygen atoms in total. The second-order valence-electron chi connectivity index (χ2n) is 5.04. The molecule has 0 saturated carbocycles. The van der Waals surface area contributed by atoms with Gasteiger partial charge in [-0.3, -0.25) is 9.69 Å². The molecular weight excluding hydrogens is 297 g/mol. The van der Waals surface area contributed by atoms with E-state index in [1.54, 1.807) is 0 Å². The van der Waals surface area contributed by atoms with Gasteiger partial charge in [-0.15, -0.1) is 0 Å². The SMILES string of the molecule is O=C(O)[C@@H]1CN(Cc2ccc(F)c(F)c2)C[C@H]1C(F)(F)F. The second-order valence-corrected chi connectivity index (χ2v) is 5.04. The van der Waals surface area contributed by atoms with E-state index < -0.39 is 42.2 Å². The van der Waals surface area contributed by atoms with Crippen molar-refractivity contribution in [1.82, 2.24) is 4.90 Å². The highest BCUT2D eigenvalue weighted by molar-refractivity contribution is 5.71. The van der Waals surface area contributed by atoms with Gasteiger partial charge in [0.05, 0.1) is 11.8 Å². The highest BCUT2D eigenvalue weighted by atomic mass is 19.4. The molecule has 0 aliphatic carbocycles. The molecule has 1 N–H and O–H groups in total. The van der Waals surface area contributed by atoms with Crippen LogP contribution < -0.4 is 0 Å². The van der Waals surface area contributed by atoms with E-state index >= 15 is 0 Å². The van der Waals surface area contributed by atoms with Gasteiger partial charge in [0.2, 0.25) is 0 Å². The summed E-state index contributed by atoms with van der Waals surface area (Å²) in [7, 11) is 0. The van der Waals surface area contributed by atoms with E-state index in [2.05, 4.69) is 0 Å². The lowest BCUT2D eigenvalue weighted by Gasteiger charge is -2.18. The molecule has 0 radical (unpaired) electrons. The van der Waals surface area contributed by atoms with Crippen LogP contribution in [0.3, 0.4) is 0 Å². The molecular formula is C13H12F5NO2. The van der Waals surface area contributed by atoms with E-state index in [1.807, 2.05) is 0 Å². The van der Waals surface area contributed by atoms with E-state index in [0.29, 0.717) is 5.56 Å². The number of hydrogen-bond donors (Lipinski definition) is 1. The molecule has 1 aromatic carbocycles. The number of alkyl halides is 3. The molecule has 116 valence electrons. The highest BCUT2D eigenvalue weighted by Gasteiger charge is 2.52. The maximum Gasteiger partial charge on any atom is 0.393 e. The van der Waals surface area contributed by atoms with Crippen LogP contribution in [0.25, 0.3) is 0 Å². The Morgan fingerprint density at radius 1 is 1.24 bits per heavy atom. The lowest BCUT2D eigenvalue weighted by atomic mass is 9.96. The molecule has 21 heavy (non-hydrogen) atoms. The number of likely N-dealkylation sites (tertiary alicyclic amines) is 1. The van der Waals surface area contributed by atoms with Crippen molar-refractivity contribution in [3.8, 4) is 0 Å². The first-order chi connectivity index (χ1) is 9.68. The van der Waals surface area contributed by atoms with Crippen LogP contribution in [0.5, 0.6) is 0 Å². The number of carboxylic acids is 1. The summed E-state index contributed by atoms with van der Waals surface area (Å²) in [5.41, 5.74) is 0.292. The minimum absolute atomic E-state index is 0.0619. The van der Waals surface area contributed by atoms with Crippen molar-refractivity contribution in [3.05, 3.63) is 35.4 Å². The summed E-state index contributed by atoms with van der Waals surface area (Å²) in [4.78, 5) is 12.2. The smallest absolute Gasteiger partial charge is 0.393 e. The molecule has 1 aromatic rings. The normalized spacial score (nSPS) is 23.5. The summed E-state index contributed by atoms with van der Waals surface area (Å²) in [6, 6.07) is 3.04. The molecule has 2 atom stereocenters. The fraction of sp³-hybridized carbons (Fsp3) is 0.462. The Morgan fingerprint density at radius 3 is 2.38 bits per heavy atom. The molecule has 1 saturated heterocycles. The van der Waals surface area contributed by atoms with Crippen LogP contribution >= 0.6 is 0 Å². The van der Waals surface area contributed by atoms with Gasteiger partial charge in [0.25, 0.3) is 0 Å². The molecule has 0 spiro atoms. The first kappa shape index (κ1) is 15.7. The Labute approximate surface area is 117 Å². The summed E-state index contributed by atoms with van der Waals surface area (Å²) in [6.45, 7) is -0.814. The molecule has 0 bridgehead atoms. The Hall–Kier alpha value is -1.70. The number of benzene rings is 1. The number of aliphatic carboxylic acids is 1. The lowest BCUT2D eigenvalue weighted by Crippen LogP contribution is -2.33. The van der Waals surface area contributed by atoms with Crippen LogP contribution in [0.4, 0.5) is 22.0 Å². The monoisotopic (exact) mass is 309 g/mol. The van der Waals surface area contributed by atoms with Crippen molar-refractivity contribution in [2.45, 2.75) is 12.7 Å². The molecule has 0 amide bonds. The maximum atomic E-state index is 13.1. The van der Waals surface area contributed by atoms with Crippen molar-refractivity contribution < 1.29 is 31.9 Å². The van der Waals surface area contributed by atoms with Gasteiger partial charge in [0.15, 0.2) is 11.6 Å². The molecule has 1 aliphatic heterocycles. The quantitative estimate of drug-likeness (QED) is 0.873. The Bertz CT molecular complexity index is 546. The molecule has 0 unspecified atom stereocenters. The van der Waals surface area contributed by atoms with E-state index in [4.69, 9.17) is 5.11 Å². The minimum Gasteiger partial charge on any atom is -0.481 e. The van der Waals surface area contributed by atoms with Gasteiger partial charge < -0.3 is 5.11 Å². The third kappa shape index (κ3) is 3.49. The van der Waals surface area contributed by atoms with Gasteiger partial charge in [0.1, 0.15) is 0 Å². The van der Waals surface area contributed by atoms with Crippen LogP contribution in [-0.2, 0) is 11.3 Å². The second kappa shape index (κ2) is 5.59. The Kier molecular flexibility index (Phi) is 4.18. The zero-order valence-corrected chi connectivity index (χ0v) is 10.7. The Balaban J connectivity index is 2.12. The first-order valence-corrected chi connectivity index (χ1v) is 6.14. The third-order valence-electron chi connectivity index (χ3n) is 3.52. The summed E-state index contributed by atoms with van der Waals surface area (Å²) in [6.07, 6.45) is -4.61. The van der Waals surface area contributed by atoms with E-state index in [9.17, 15) is 26.7 Å². The van der Waals surface area contributed by atoms with Crippen LogP contribution in [-0.4, -0.2) is 35.2 Å². The minimum atomic E-state index is -4.61. The van der Waals surface area contributed by atoms with E-state index in [0.717, 1.165) is 12.1 Å². The van der Waals surface area contributed by atoms with Crippen molar-refractivity contribution in [2.24, 2.45) is 11.8 Å². The number of nitrogens with zero attached hydrogens (tertiary/aromatic N) is 1. The molecule has 0 aromatic heterocycles. The first-order valence-electron chi connectivity index (χ1n) is 6.14. The largest absolute Gasteiger partial charge is 0.481 e. The van der Waals surface area contributed by atoms with Gasteiger partial charge in [-0.2, -0.15) is 13.2 Å². The van der Waals surface area contributed by atoms with Crippen molar-refractivity contribution in [1.29, 1.82) is 0 Å². The Morgan fingerprint density at radius 2 is 1.90 bits per heavy atom. The molecule has 1 aliphatic rings. The number of rotatable bonds is 3. The summed E-state index contributed by atoms with van der Waals surface area (Å²) < 4.78 is 64.2. The lowest BCUT2D eigenvalue weighted by molar-refractivity contribution is -0.188. The van der Waals surface area contributed by atoms with Gasteiger partial charge in [-0.1, -0.05) is 6.07 Å². The van der Waals surface area contributed by atoms with Crippen LogP contribution in [0.2, 0.25) is 0 Å². The van der Waals surface area contributed by atoms with Crippen LogP contribution in [0.1, 0.15) is 5.56 Å². The van der Waals surface area contributed by atoms with Gasteiger partial charge in [-0.25, -0.2) is 8.78 Å². The van der Waals surface area contributed by atoms with Crippen LogP contribution in [0, 0.1) is 23.5 Å². The van der Waals surface area contributed by atoms with Gasteiger partial charge >= 0.3 is 12.1 Å². The predicted octanol–water partition coefficient (Wildman–Crippen LogP) is 2.66. The van der Waals surface area contributed by atoms with Crippen molar-refractivity contribution in [3.63, 3.8) is 0 Å². The average Bonchev–Trinajstić information content (AvgIpc) is 2.78. The molecule has 8 heteroatoms. The standard InChI is InChI=1S/C13H12F5NO2/c14-10-2-1-7(3-11(10)15)4-19-5-8(12(20)21)9(6-19)13(16,17)18/h1-3,8-9H,4-6H2,(H,20,21)/t8-,9-/m1/s1. The highest BCUT2D eigenvalue weighted by Crippen LogP contribution is 2.38. The summed E-state index contributed by atoms with van der Waals surface area (Å²) >= 11 is 0. The zero-order chi connectivity index (χ0) is 15.8. The van der Waals surface area contributed by atoms with E-state index in [1.165, 1.54) is 11.0 Å². The van der Waals surface area contributed by atoms with E-state index in [-0.39, 0.29) is 13.1 Å². The predicted molar refractivity (Wildman–Crippen MR) is 62.3 cm³/mol. The number of hydrogen-bond acceptors (Lipinski definition) is 2. The summed E-state index contributed by atoms with van der Waals surface area (Å²) in [5, 5.41) is 8.88. The van der Waals surface area contributed by atoms with Gasteiger partial charge in [-0.05, 0) is 17.7 Å². The topological polar surface area (TPSA) is 40.5 Å². The number of carbonyl (C=O) groups is 1. The molecule has 1 fully saturated rings. The van der Waals surface area contributed by atoms with Crippen molar-refractivity contribution in [2.75, 3.05) is 13.1 Å². The number of halogens is 5. The number of carboxylic acid groups (broad SMARTS) is 1. The van der Waals surface area contributed by atoms with Gasteiger partial charge in [0, 0.05) is 19.6 Å². The summed E-state index contributed by atoms with van der Waals surface area (Å²) in [5.74, 6) is -7.15. The zero-order valence-electron chi connectivity index (χ0n) is 10.7. The average molecular weight is 309 g/mol. The fourth-order valence-electron chi connectivity index (χ4n) is 2.49. The molecule has 2 rings (SSSR count). The third-order valence-corrected chi connectivity index (χ3v) is 3.52. The van der Waals surface area contributed by atoms with Crippen molar-refractivity contribution >= 4 is 5.97 Å².